The molecule has 3 nitrogen and oxygen atoms in total. The summed E-state index contributed by atoms with van der Waals surface area (Å²) in [4.78, 5) is 4.01. The molecule has 1 aromatic heterocycles. The summed E-state index contributed by atoms with van der Waals surface area (Å²) in [5.74, 6) is 1.36. The van der Waals surface area contributed by atoms with Gasteiger partial charge in [-0.25, -0.2) is 4.98 Å². The van der Waals surface area contributed by atoms with Gasteiger partial charge in [-0.1, -0.05) is 31.5 Å². The number of methoxy groups -OCH3 is 1. The van der Waals surface area contributed by atoms with Crippen LogP contribution in [-0.2, 0) is 0 Å². The van der Waals surface area contributed by atoms with Crippen LogP contribution in [0.2, 0.25) is 5.15 Å². The van der Waals surface area contributed by atoms with Gasteiger partial charge in [-0.3, -0.25) is 0 Å². The molecule has 0 spiro atoms. The summed E-state index contributed by atoms with van der Waals surface area (Å²) in [5, 5.41) is 0.475. The highest BCUT2D eigenvalue weighted by molar-refractivity contribution is 6.29. The van der Waals surface area contributed by atoms with Crippen LogP contribution < -0.4 is 4.74 Å². The molecule has 0 radical (unpaired) electrons. The Kier molecular flexibility index (Phi) is 3.92. The number of benzene rings is 1. The van der Waals surface area contributed by atoms with Crippen LogP contribution in [0, 0.1) is 0 Å². The smallest absolute Gasteiger partial charge is 0.147 e. The maximum Gasteiger partial charge on any atom is 0.147 e. The fourth-order valence-corrected chi connectivity index (χ4v) is 2.03. The van der Waals surface area contributed by atoms with E-state index in [4.69, 9.17) is 16.3 Å². The van der Waals surface area contributed by atoms with E-state index in [2.05, 4.69) is 31.0 Å². The minimum atomic E-state index is 0.475. The SMILES string of the molecule is CCC(C)c1ccc(-n2cnc(Cl)c2)c(OC)c1. The van der Waals surface area contributed by atoms with Crippen molar-refractivity contribution in [1.82, 2.24) is 9.55 Å². The van der Waals surface area contributed by atoms with E-state index in [1.54, 1.807) is 19.6 Å². The second-order valence-electron chi connectivity index (χ2n) is 4.34. The zero-order chi connectivity index (χ0) is 13.1. The molecule has 0 saturated carbocycles. The highest BCUT2D eigenvalue weighted by atomic mass is 35.5. The molecule has 0 aliphatic carbocycles. The van der Waals surface area contributed by atoms with E-state index in [0.717, 1.165) is 17.9 Å². The summed E-state index contributed by atoms with van der Waals surface area (Å²) < 4.78 is 7.32. The molecule has 1 heterocycles. The Morgan fingerprint density at radius 3 is 2.78 bits per heavy atom. The lowest BCUT2D eigenvalue weighted by molar-refractivity contribution is 0.412. The topological polar surface area (TPSA) is 27.1 Å². The van der Waals surface area contributed by atoms with Crippen LogP contribution in [0.25, 0.3) is 5.69 Å². The van der Waals surface area contributed by atoms with Crippen molar-refractivity contribution < 1.29 is 4.74 Å². The highest BCUT2D eigenvalue weighted by Crippen LogP contribution is 2.29. The van der Waals surface area contributed by atoms with E-state index < -0.39 is 0 Å². The van der Waals surface area contributed by atoms with Crippen LogP contribution in [0.15, 0.2) is 30.7 Å². The summed E-state index contributed by atoms with van der Waals surface area (Å²) >= 11 is 5.84. The second-order valence-corrected chi connectivity index (χ2v) is 4.73. The Morgan fingerprint density at radius 2 is 2.22 bits per heavy atom. The fraction of sp³-hybridized carbons (Fsp3) is 0.357. The summed E-state index contributed by atoms with van der Waals surface area (Å²) in [6, 6.07) is 6.25. The van der Waals surface area contributed by atoms with Crippen LogP contribution in [0.1, 0.15) is 31.7 Å². The number of hydrogen-bond acceptors (Lipinski definition) is 2. The van der Waals surface area contributed by atoms with Gasteiger partial charge in [0.25, 0.3) is 0 Å². The molecule has 1 atom stereocenters. The van der Waals surface area contributed by atoms with Crippen molar-refractivity contribution in [2.24, 2.45) is 0 Å². The van der Waals surface area contributed by atoms with Gasteiger partial charge in [-0.2, -0.15) is 0 Å². The number of imidazole rings is 1. The van der Waals surface area contributed by atoms with Crippen molar-refractivity contribution in [1.29, 1.82) is 0 Å². The first-order chi connectivity index (χ1) is 8.65. The van der Waals surface area contributed by atoms with Crippen LogP contribution in [0.3, 0.4) is 0 Å². The molecule has 96 valence electrons. The second kappa shape index (κ2) is 5.44. The quantitative estimate of drug-likeness (QED) is 0.833. The van der Waals surface area contributed by atoms with Crippen LogP contribution in [0.4, 0.5) is 0 Å². The van der Waals surface area contributed by atoms with Crippen molar-refractivity contribution in [3.05, 3.63) is 41.4 Å². The molecule has 0 saturated heterocycles. The minimum Gasteiger partial charge on any atom is -0.495 e. The van der Waals surface area contributed by atoms with Gasteiger partial charge >= 0.3 is 0 Å². The number of rotatable bonds is 4. The van der Waals surface area contributed by atoms with Crippen molar-refractivity contribution in [3.63, 3.8) is 0 Å². The minimum absolute atomic E-state index is 0.475. The number of aromatic nitrogens is 2. The summed E-state index contributed by atoms with van der Waals surface area (Å²) in [7, 11) is 1.68. The molecule has 4 heteroatoms. The molecule has 0 fully saturated rings. The van der Waals surface area contributed by atoms with Crippen LogP contribution in [0.5, 0.6) is 5.75 Å². The number of ether oxygens (including phenoxy) is 1. The van der Waals surface area contributed by atoms with E-state index in [1.165, 1.54) is 5.56 Å². The third kappa shape index (κ3) is 2.51. The molecule has 2 aromatic rings. The first kappa shape index (κ1) is 13.0. The maximum atomic E-state index is 5.84. The van der Waals surface area contributed by atoms with Gasteiger partial charge in [-0.05, 0) is 30.0 Å². The predicted octanol–water partition coefficient (Wildman–Crippen LogP) is 4.05. The standard InChI is InChI=1S/C14H17ClN2O/c1-4-10(2)11-5-6-12(13(7-11)18-3)17-8-14(15)16-9-17/h5-10H,4H2,1-3H3. The number of halogens is 1. The third-order valence-corrected chi connectivity index (χ3v) is 3.41. The molecule has 1 unspecified atom stereocenters. The van der Waals surface area contributed by atoms with Gasteiger partial charge in [0.2, 0.25) is 0 Å². The first-order valence-electron chi connectivity index (χ1n) is 6.03. The van der Waals surface area contributed by atoms with Crippen molar-refractivity contribution in [2.45, 2.75) is 26.2 Å². The predicted molar refractivity (Wildman–Crippen MR) is 73.8 cm³/mol. The molecule has 0 bridgehead atoms. The Bertz CT molecular complexity index is 536. The molecule has 1 aromatic carbocycles. The average molecular weight is 265 g/mol. The Hall–Kier alpha value is -1.48. The van der Waals surface area contributed by atoms with Gasteiger partial charge in [0.05, 0.1) is 12.8 Å². The van der Waals surface area contributed by atoms with E-state index in [1.807, 2.05) is 10.6 Å². The van der Waals surface area contributed by atoms with Crippen molar-refractivity contribution in [3.8, 4) is 11.4 Å². The molecule has 0 amide bonds. The van der Waals surface area contributed by atoms with Gasteiger partial charge in [0.1, 0.15) is 17.2 Å². The summed E-state index contributed by atoms with van der Waals surface area (Å²) in [6.07, 6.45) is 4.56. The molecular weight excluding hydrogens is 248 g/mol. The van der Waals surface area contributed by atoms with Gasteiger partial charge in [0.15, 0.2) is 0 Å². The van der Waals surface area contributed by atoms with E-state index in [9.17, 15) is 0 Å². The largest absolute Gasteiger partial charge is 0.495 e. The number of nitrogens with zero attached hydrogens (tertiary/aromatic N) is 2. The zero-order valence-corrected chi connectivity index (χ0v) is 11.6. The lowest BCUT2D eigenvalue weighted by Crippen LogP contribution is -1.98. The molecule has 0 N–H and O–H groups in total. The zero-order valence-electron chi connectivity index (χ0n) is 10.9. The monoisotopic (exact) mass is 264 g/mol. The normalized spacial score (nSPS) is 12.4. The first-order valence-corrected chi connectivity index (χ1v) is 6.41. The highest BCUT2D eigenvalue weighted by Gasteiger charge is 2.10. The molecule has 18 heavy (non-hydrogen) atoms. The van der Waals surface area contributed by atoms with Gasteiger partial charge < -0.3 is 9.30 Å². The Balaban J connectivity index is 2.43. The number of hydrogen-bond donors (Lipinski definition) is 0. The Morgan fingerprint density at radius 1 is 1.44 bits per heavy atom. The fourth-order valence-electron chi connectivity index (χ4n) is 1.88. The molecule has 0 aliphatic heterocycles. The Labute approximate surface area is 112 Å². The van der Waals surface area contributed by atoms with E-state index >= 15 is 0 Å². The van der Waals surface area contributed by atoms with Gasteiger partial charge in [-0.15, -0.1) is 0 Å². The molecule has 0 aliphatic rings. The maximum absolute atomic E-state index is 5.84. The van der Waals surface area contributed by atoms with Crippen LogP contribution >= 0.6 is 11.6 Å². The van der Waals surface area contributed by atoms with Gasteiger partial charge in [0, 0.05) is 6.20 Å². The van der Waals surface area contributed by atoms with E-state index in [0.29, 0.717) is 11.1 Å². The molecule has 2 rings (SSSR count). The average Bonchev–Trinajstić information content (AvgIpc) is 2.83. The molecular formula is C14H17ClN2O. The lowest BCUT2D eigenvalue weighted by atomic mass is 9.98. The third-order valence-electron chi connectivity index (χ3n) is 3.21. The van der Waals surface area contributed by atoms with Crippen LogP contribution in [-0.4, -0.2) is 16.7 Å². The lowest BCUT2D eigenvalue weighted by Gasteiger charge is -2.14. The summed E-state index contributed by atoms with van der Waals surface area (Å²) in [6.45, 7) is 4.39. The van der Waals surface area contributed by atoms with Crippen molar-refractivity contribution >= 4 is 11.6 Å². The summed E-state index contributed by atoms with van der Waals surface area (Å²) in [5.41, 5.74) is 2.23. The van der Waals surface area contributed by atoms with Crippen molar-refractivity contribution in [2.75, 3.05) is 7.11 Å². The van der Waals surface area contributed by atoms with E-state index in [-0.39, 0.29) is 0 Å².